The van der Waals surface area contributed by atoms with E-state index in [0.717, 1.165) is 38.9 Å². The van der Waals surface area contributed by atoms with Gasteiger partial charge in [0.2, 0.25) is 0 Å². The molecule has 3 heteroatoms. The summed E-state index contributed by atoms with van der Waals surface area (Å²) in [6, 6.07) is 0. The molecule has 1 saturated heterocycles. The standard InChI is InChI=1S/C12H24O3/c1-4-6-8-14-12(3,7-5-2)15-10-11-9-13-11/h11H,4-10H2,1-3H3. The summed E-state index contributed by atoms with van der Waals surface area (Å²) in [7, 11) is 0. The van der Waals surface area contributed by atoms with Crippen molar-refractivity contribution in [1.29, 1.82) is 0 Å². The fourth-order valence-corrected chi connectivity index (χ4v) is 1.51. The highest BCUT2D eigenvalue weighted by Crippen LogP contribution is 2.22. The van der Waals surface area contributed by atoms with E-state index < -0.39 is 5.79 Å². The van der Waals surface area contributed by atoms with Crippen molar-refractivity contribution in [2.75, 3.05) is 19.8 Å². The van der Waals surface area contributed by atoms with E-state index in [-0.39, 0.29) is 0 Å². The molecule has 2 atom stereocenters. The van der Waals surface area contributed by atoms with Gasteiger partial charge in [0, 0.05) is 13.0 Å². The van der Waals surface area contributed by atoms with E-state index in [1.165, 1.54) is 0 Å². The second kappa shape index (κ2) is 6.46. The maximum Gasteiger partial charge on any atom is 0.165 e. The van der Waals surface area contributed by atoms with E-state index in [2.05, 4.69) is 13.8 Å². The topological polar surface area (TPSA) is 31.0 Å². The molecule has 0 aromatic rings. The van der Waals surface area contributed by atoms with Crippen LogP contribution in [0.25, 0.3) is 0 Å². The summed E-state index contributed by atoms with van der Waals surface area (Å²) in [4.78, 5) is 0. The van der Waals surface area contributed by atoms with Crippen LogP contribution >= 0.6 is 0 Å². The molecule has 2 unspecified atom stereocenters. The van der Waals surface area contributed by atoms with Crippen molar-refractivity contribution < 1.29 is 14.2 Å². The Balaban J connectivity index is 2.22. The lowest BCUT2D eigenvalue weighted by molar-refractivity contribution is -0.231. The van der Waals surface area contributed by atoms with Gasteiger partial charge in [-0.1, -0.05) is 26.7 Å². The molecule has 1 fully saturated rings. The minimum absolute atomic E-state index is 0.316. The van der Waals surface area contributed by atoms with Crippen LogP contribution in [-0.4, -0.2) is 31.7 Å². The lowest BCUT2D eigenvalue weighted by Gasteiger charge is -2.29. The second-order valence-corrected chi connectivity index (χ2v) is 4.35. The summed E-state index contributed by atoms with van der Waals surface area (Å²) in [6.07, 6.45) is 4.60. The van der Waals surface area contributed by atoms with E-state index >= 15 is 0 Å². The third kappa shape index (κ3) is 5.50. The first-order valence-corrected chi connectivity index (χ1v) is 6.09. The Bertz CT molecular complexity index is 168. The van der Waals surface area contributed by atoms with E-state index in [1.54, 1.807) is 0 Å². The van der Waals surface area contributed by atoms with Gasteiger partial charge < -0.3 is 14.2 Å². The molecular weight excluding hydrogens is 192 g/mol. The summed E-state index contributed by atoms with van der Waals surface area (Å²) >= 11 is 0. The first-order valence-electron chi connectivity index (χ1n) is 6.09. The van der Waals surface area contributed by atoms with Gasteiger partial charge in [0.15, 0.2) is 5.79 Å². The molecule has 0 aromatic carbocycles. The first kappa shape index (κ1) is 12.9. The Hall–Kier alpha value is -0.120. The zero-order chi connectivity index (χ0) is 11.1. The van der Waals surface area contributed by atoms with Crippen molar-refractivity contribution in [3.05, 3.63) is 0 Å². The molecule has 90 valence electrons. The van der Waals surface area contributed by atoms with Gasteiger partial charge in [0.05, 0.1) is 13.2 Å². The van der Waals surface area contributed by atoms with Crippen molar-refractivity contribution in [3.8, 4) is 0 Å². The molecule has 15 heavy (non-hydrogen) atoms. The summed E-state index contributed by atoms with van der Waals surface area (Å²) in [5.41, 5.74) is 0. The van der Waals surface area contributed by atoms with Crippen LogP contribution in [-0.2, 0) is 14.2 Å². The maximum absolute atomic E-state index is 5.81. The van der Waals surface area contributed by atoms with Crippen molar-refractivity contribution in [3.63, 3.8) is 0 Å². The van der Waals surface area contributed by atoms with Gasteiger partial charge >= 0.3 is 0 Å². The third-order valence-corrected chi connectivity index (χ3v) is 2.59. The molecule has 1 aliphatic rings. The van der Waals surface area contributed by atoms with Crippen molar-refractivity contribution in [1.82, 2.24) is 0 Å². The average Bonchev–Trinajstić information content (AvgIpc) is 2.99. The van der Waals surface area contributed by atoms with Gasteiger partial charge in [-0.3, -0.25) is 0 Å². The lowest BCUT2D eigenvalue weighted by Crippen LogP contribution is -2.34. The quantitative estimate of drug-likeness (QED) is 0.337. The molecular formula is C12H24O3. The van der Waals surface area contributed by atoms with Gasteiger partial charge in [-0.15, -0.1) is 0 Å². The van der Waals surface area contributed by atoms with Crippen LogP contribution in [0.2, 0.25) is 0 Å². The predicted molar refractivity (Wildman–Crippen MR) is 59.9 cm³/mol. The van der Waals surface area contributed by atoms with E-state index in [0.29, 0.717) is 12.7 Å². The summed E-state index contributed by atoms with van der Waals surface area (Å²) in [6.45, 7) is 8.66. The molecule has 0 N–H and O–H groups in total. The highest BCUT2D eigenvalue weighted by atomic mass is 16.7. The third-order valence-electron chi connectivity index (χ3n) is 2.59. The molecule has 0 aromatic heterocycles. The zero-order valence-electron chi connectivity index (χ0n) is 10.3. The number of hydrogen-bond acceptors (Lipinski definition) is 3. The van der Waals surface area contributed by atoms with Crippen molar-refractivity contribution in [2.45, 2.75) is 58.3 Å². The predicted octanol–water partition coefficient (Wildman–Crippen LogP) is 2.73. The minimum atomic E-state index is -0.407. The van der Waals surface area contributed by atoms with Crippen LogP contribution in [0, 0.1) is 0 Å². The number of epoxide rings is 1. The van der Waals surface area contributed by atoms with Gasteiger partial charge in [-0.25, -0.2) is 0 Å². The smallest absolute Gasteiger partial charge is 0.165 e. The normalized spacial score (nSPS) is 23.8. The van der Waals surface area contributed by atoms with Gasteiger partial charge in [-0.05, 0) is 13.3 Å². The highest BCUT2D eigenvalue weighted by molar-refractivity contribution is 4.71. The number of unbranched alkanes of at least 4 members (excludes halogenated alkanes) is 1. The molecule has 1 rings (SSSR count). The molecule has 3 nitrogen and oxygen atoms in total. The van der Waals surface area contributed by atoms with E-state index in [9.17, 15) is 0 Å². The number of ether oxygens (including phenoxy) is 3. The number of rotatable bonds is 9. The minimum Gasteiger partial charge on any atom is -0.371 e. The molecule has 0 aliphatic carbocycles. The molecule has 1 aliphatic heterocycles. The largest absolute Gasteiger partial charge is 0.371 e. The molecule has 0 spiro atoms. The van der Waals surface area contributed by atoms with E-state index in [1.807, 2.05) is 6.92 Å². The van der Waals surface area contributed by atoms with Crippen molar-refractivity contribution in [2.24, 2.45) is 0 Å². The SMILES string of the molecule is CCCCOC(C)(CCC)OCC1CO1. The van der Waals surface area contributed by atoms with Crippen LogP contribution in [0.5, 0.6) is 0 Å². The summed E-state index contributed by atoms with van der Waals surface area (Å²) < 4.78 is 16.7. The first-order chi connectivity index (χ1) is 7.20. The molecule has 0 saturated carbocycles. The molecule has 1 heterocycles. The Morgan fingerprint density at radius 2 is 2.00 bits per heavy atom. The van der Waals surface area contributed by atoms with Crippen LogP contribution in [0.4, 0.5) is 0 Å². The summed E-state index contributed by atoms with van der Waals surface area (Å²) in [5.74, 6) is -0.407. The zero-order valence-corrected chi connectivity index (χ0v) is 10.3. The Labute approximate surface area is 93.1 Å². The lowest BCUT2D eigenvalue weighted by atomic mass is 10.2. The average molecular weight is 216 g/mol. The second-order valence-electron chi connectivity index (χ2n) is 4.35. The number of hydrogen-bond donors (Lipinski definition) is 0. The van der Waals surface area contributed by atoms with Crippen LogP contribution in [0.15, 0.2) is 0 Å². The van der Waals surface area contributed by atoms with Gasteiger partial charge in [0.25, 0.3) is 0 Å². The van der Waals surface area contributed by atoms with Crippen LogP contribution in [0.1, 0.15) is 46.5 Å². The highest BCUT2D eigenvalue weighted by Gasteiger charge is 2.30. The molecule has 0 bridgehead atoms. The maximum atomic E-state index is 5.81. The summed E-state index contributed by atoms with van der Waals surface area (Å²) in [5, 5.41) is 0. The monoisotopic (exact) mass is 216 g/mol. The fraction of sp³-hybridized carbons (Fsp3) is 1.00. The molecule has 0 amide bonds. The van der Waals surface area contributed by atoms with Gasteiger partial charge in [-0.2, -0.15) is 0 Å². The Morgan fingerprint density at radius 1 is 1.27 bits per heavy atom. The fourth-order valence-electron chi connectivity index (χ4n) is 1.51. The Morgan fingerprint density at radius 3 is 2.53 bits per heavy atom. The molecule has 0 radical (unpaired) electrons. The van der Waals surface area contributed by atoms with Crippen LogP contribution < -0.4 is 0 Å². The van der Waals surface area contributed by atoms with Crippen molar-refractivity contribution >= 4 is 0 Å². The van der Waals surface area contributed by atoms with E-state index in [4.69, 9.17) is 14.2 Å². The van der Waals surface area contributed by atoms with Gasteiger partial charge in [0.1, 0.15) is 6.10 Å². The Kier molecular flexibility index (Phi) is 5.58. The van der Waals surface area contributed by atoms with Crippen LogP contribution in [0.3, 0.4) is 0 Å².